The Kier molecular flexibility index (Phi) is 6.72. The van der Waals surface area contributed by atoms with Crippen LogP contribution in [0.1, 0.15) is 63.4 Å². The molecule has 0 aromatic heterocycles. The largest absolute Gasteiger partial charge is 0.103 e. The molecule has 1 fully saturated rings. The van der Waals surface area contributed by atoms with E-state index in [2.05, 4.69) is 80.3 Å². The Morgan fingerprint density at radius 1 is 1.00 bits per heavy atom. The maximum Gasteiger partial charge on any atom is 0.0199 e. The molecule has 0 atom stereocenters. The van der Waals surface area contributed by atoms with E-state index < -0.39 is 0 Å². The van der Waals surface area contributed by atoms with E-state index in [-0.39, 0.29) is 5.41 Å². The molecule has 0 aliphatic heterocycles. The van der Waals surface area contributed by atoms with Crippen LogP contribution in [0.3, 0.4) is 0 Å². The molecule has 0 radical (unpaired) electrons. The Morgan fingerprint density at radius 2 is 1.69 bits per heavy atom. The van der Waals surface area contributed by atoms with Gasteiger partial charge < -0.3 is 0 Å². The van der Waals surface area contributed by atoms with Gasteiger partial charge in [0.05, 0.1) is 0 Å². The van der Waals surface area contributed by atoms with Crippen molar-refractivity contribution in [3.8, 4) is 0 Å². The second-order valence-electron chi connectivity index (χ2n) is 8.03. The highest BCUT2D eigenvalue weighted by atomic mass is 14.4. The van der Waals surface area contributed by atoms with E-state index in [4.69, 9.17) is 0 Å². The second kappa shape index (κ2) is 9.21. The Labute approximate surface area is 160 Å². The molecule has 2 aliphatic rings. The van der Waals surface area contributed by atoms with Gasteiger partial charge in [0.1, 0.15) is 0 Å². The van der Waals surface area contributed by atoms with Crippen LogP contribution in [-0.2, 0) is 0 Å². The second-order valence-corrected chi connectivity index (χ2v) is 8.03. The minimum absolute atomic E-state index is 0.281. The van der Waals surface area contributed by atoms with Crippen LogP contribution in [0.5, 0.6) is 0 Å². The zero-order chi connectivity index (χ0) is 18.2. The van der Waals surface area contributed by atoms with Crippen LogP contribution in [-0.4, -0.2) is 0 Å². The van der Waals surface area contributed by atoms with E-state index in [1.165, 1.54) is 37.7 Å². The van der Waals surface area contributed by atoms with Gasteiger partial charge in [-0.1, -0.05) is 79.8 Å². The van der Waals surface area contributed by atoms with Gasteiger partial charge in [0.25, 0.3) is 0 Å². The Balaban J connectivity index is 1.59. The number of hydrogen-bond acceptors (Lipinski definition) is 0. The Hall–Kier alpha value is -1.82. The number of allylic oxidation sites excluding steroid dienone is 7. The summed E-state index contributed by atoms with van der Waals surface area (Å²) in [6.07, 6.45) is 25.7. The first-order valence-corrected chi connectivity index (χ1v) is 10.5. The fourth-order valence-electron chi connectivity index (χ4n) is 4.73. The average Bonchev–Trinajstić information content (AvgIpc) is 2.72. The summed E-state index contributed by atoms with van der Waals surface area (Å²) in [5.41, 5.74) is 1.68. The third-order valence-corrected chi connectivity index (χ3v) is 6.50. The van der Waals surface area contributed by atoms with Crippen molar-refractivity contribution in [3.05, 3.63) is 85.0 Å². The minimum atomic E-state index is 0.281. The van der Waals surface area contributed by atoms with Crippen molar-refractivity contribution in [2.45, 2.75) is 57.8 Å². The van der Waals surface area contributed by atoms with E-state index in [9.17, 15) is 0 Å². The third kappa shape index (κ3) is 4.47. The van der Waals surface area contributed by atoms with Crippen molar-refractivity contribution in [1.82, 2.24) is 0 Å². The summed E-state index contributed by atoms with van der Waals surface area (Å²) in [6, 6.07) is 10.9. The number of hydrogen-bond donors (Lipinski definition) is 0. The molecular formula is C26H34. The zero-order valence-corrected chi connectivity index (χ0v) is 16.3. The highest BCUT2D eigenvalue weighted by molar-refractivity contribution is 5.34. The van der Waals surface area contributed by atoms with Crippen LogP contribution in [0.2, 0.25) is 0 Å². The molecular weight excluding hydrogens is 312 g/mol. The fraction of sp³-hybridized carbons (Fsp3) is 0.462. The molecule has 0 bridgehead atoms. The zero-order valence-electron chi connectivity index (χ0n) is 16.3. The summed E-state index contributed by atoms with van der Waals surface area (Å²) in [7, 11) is 0. The van der Waals surface area contributed by atoms with Crippen molar-refractivity contribution in [2.24, 2.45) is 17.3 Å². The van der Waals surface area contributed by atoms with Crippen LogP contribution < -0.4 is 0 Å². The molecule has 0 heterocycles. The maximum absolute atomic E-state index is 3.80. The topological polar surface area (TPSA) is 0 Å². The standard InChI is InChI=1S/C26H34/c1-3-5-6-8-11-22-14-16-25(17-15-22)26(4-2)20-18-24(19-21-26)23-12-9-7-10-13-23/h3,7-13,18-22,24-25H,1,4-6,14-17H2,2H3/b11-8+. The molecule has 0 spiro atoms. The lowest BCUT2D eigenvalue weighted by Crippen LogP contribution is -2.31. The summed E-state index contributed by atoms with van der Waals surface area (Å²) >= 11 is 0. The monoisotopic (exact) mass is 346 g/mol. The molecule has 1 saturated carbocycles. The summed E-state index contributed by atoms with van der Waals surface area (Å²) < 4.78 is 0. The van der Waals surface area contributed by atoms with E-state index in [0.717, 1.165) is 24.7 Å². The summed E-state index contributed by atoms with van der Waals surface area (Å²) in [6.45, 7) is 6.16. The highest BCUT2D eigenvalue weighted by Gasteiger charge is 2.36. The number of benzene rings is 1. The van der Waals surface area contributed by atoms with E-state index in [1.54, 1.807) is 0 Å². The Bertz CT molecular complexity index is 624. The number of unbranched alkanes of at least 4 members (excludes halogenated alkanes) is 1. The van der Waals surface area contributed by atoms with Gasteiger partial charge in [0.15, 0.2) is 0 Å². The first kappa shape index (κ1) is 19.0. The smallest absolute Gasteiger partial charge is 0.0199 e. The van der Waals surface area contributed by atoms with E-state index >= 15 is 0 Å². The van der Waals surface area contributed by atoms with Gasteiger partial charge in [-0.25, -0.2) is 0 Å². The van der Waals surface area contributed by atoms with Gasteiger partial charge in [-0.2, -0.15) is 0 Å². The molecule has 0 nitrogen and oxygen atoms in total. The molecule has 1 aromatic carbocycles. The van der Waals surface area contributed by atoms with Gasteiger partial charge in [-0.05, 0) is 62.3 Å². The molecule has 26 heavy (non-hydrogen) atoms. The van der Waals surface area contributed by atoms with Crippen molar-refractivity contribution in [3.63, 3.8) is 0 Å². The van der Waals surface area contributed by atoms with Crippen molar-refractivity contribution in [2.75, 3.05) is 0 Å². The van der Waals surface area contributed by atoms with Crippen molar-refractivity contribution < 1.29 is 0 Å². The predicted octanol–water partition coefficient (Wildman–Crippen LogP) is 7.62. The van der Waals surface area contributed by atoms with Gasteiger partial charge >= 0.3 is 0 Å². The molecule has 3 rings (SSSR count). The molecule has 0 heteroatoms. The molecule has 1 aromatic rings. The van der Waals surface area contributed by atoms with Crippen LogP contribution in [0, 0.1) is 17.3 Å². The summed E-state index contributed by atoms with van der Waals surface area (Å²) in [5, 5.41) is 0. The molecule has 0 N–H and O–H groups in total. The first-order chi connectivity index (χ1) is 12.8. The minimum Gasteiger partial charge on any atom is -0.103 e. The van der Waals surface area contributed by atoms with E-state index in [1.807, 2.05) is 6.08 Å². The predicted molar refractivity (Wildman–Crippen MR) is 114 cm³/mol. The SMILES string of the molecule is C=CCC/C=C/C1CCC(C2(CC)C=CC(c3ccccc3)C=C2)CC1. The van der Waals surface area contributed by atoms with Crippen LogP contribution >= 0.6 is 0 Å². The quantitative estimate of drug-likeness (QED) is 0.352. The van der Waals surface area contributed by atoms with Crippen molar-refractivity contribution >= 4 is 0 Å². The van der Waals surface area contributed by atoms with Crippen LogP contribution in [0.4, 0.5) is 0 Å². The normalized spacial score (nSPS) is 31.3. The Morgan fingerprint density at radius 3 is 2.31 bits per heavy atom. The van der Waals surface area contributed by atoms with Gasteiger partial charge in [-0.15, -0.1) is 6.58 Å². The lowest BCUT2D eigenvalue weighted by molar-refractivity contribution is 0.191. The molecule has 138 valence electrons. The van der Waals surface area contributed by atoms with Gasteiger partial charge in [0.2, 0.25) is 0 Å². The highest BCUT2D eigenvalue weighted by Crippen LogP contribution is 2.47. The lowest BCUT2D eigenvalue weighted by atomic mass is 9.63. The molecule has 0 saturated heterocycles. The fourth-order valence-corrected chi connectivity index (χ4v) is 4.73. The van der Waals surface area contributed by atoms with Gasteiger partial charge in [0, 0.05) is 11.3 Å². The third-order valence-electron chi connectivity index (χ3n) is 6.50. The molecule has 0 amide bonds. The first-order valence-electron chi connectivity index (χ1n) is 10.5. The number of rotatable bonds is 7. The van der Waals surface area contributed by atoms with Gasteiger partial charge in [-0.3, -0.25) is 0 Å². The lowest BCUT2D eigenvalue weighted by Gasteiger charge is -2.41. The summed E-state index contributed by atoms with van der Waals surface area (Å²) in [4.78, 5) is 0. The maximum atomic E-state index is 3.80. The van der Waals surface area contributed by atoms with Crippen LogP contribution in [0.25, 0.3) is 0 Å². The van der Waals surface area contributed by atoms with Crippen LogP contribution in [0.15, 0.2) is 79.4 Å². The van der Waals surface area contributed by atoms with Crippen molar-refractivity contribution in [1.29, 1.82) is 0 Å². The van der Waals surface area contributed by atoms with E-state index in [0.29, 0.717) is 5.92 Å². The molecule has 0 unspecified atom stereocenters. The average molecular weight is 347 g/mol. The summed E-state index contributed by atoms with van der Waals surface area (Å²) in [5.74, 6) is 2.04. The molecule has 2 aliphatic carbocycles.